The van der Waals surface area contributed by atoms with Crippen molar-refractivity contribution in [1.29, 1.82) is 0 Å². The first-order valence-electron chi connectivity index (χ1n) is 5.65. The standard InChI is InChI=1S/C11H22N2O2/c1-5-8-9(6-7-12-8)13-10(14)15-11(2,3)4/h8-9,12H,5-7H2,1-4H3,(H,13,14). The summed E-state index contributed by atoms with van der Waals surface area (Å²) in [6, 6.07) is 0.599. The third kappa shape index (κ3) is 4.08. The number of alkyl carbamates (subject to hydrolysis) is 1. The Hall–Kier alpha value is -0.770. The maximum absolute atomic E-state index is 11.5. The van der Waals surface area contributed by atoms with Crippen LogP contribution in [0.4, 0.5) is 4.79 Å². The molecule has 1 aliphatic rings. The van der Waals surface area contributed by atoms with E-state index >= 15 is 0 Å². The monoisotopic (exact) mass is 214 g/mol. The molecular formula is C11H22N2O2. The van der Waals surface area contributed by atoms with E-state index in [1.54, 1.807) is 0 Å². The van der Waals surface area contributed by atoms with Gasteiger partial charge in [0.1, 0.15) is 5.60 Å². The number of carbonyl (C=O) groups excluding carboxylic acids is 1. The van der Waals surface area contributed by atoms with Gasteiger partial charge in [0.25, 0.3) is 0 Å². The maximum atomic E-state index is 11.5. The first kappa shape index (κ1) is 12.3. The zero-order valence-electron chi connectivity index (χ0n) is 10.1. The van der Waals surface area contributed by atoms with E-state index in [0.29, 0.717) is 6.04 Å². The van der Waals surface area contributed by atoms with E-state index in [9.17, 15) is 4.79 Å². The van der Waals surface area contributed by atoms with Gasteiger partial charge in [0.05, 0.1) is 0 Å². The lowest BCUT2D eigenvalue weighted by Crippen LogP contribution is -2.45. The van der Waals surface area contributed by atoms with Crippen LogP contribution in [0, 0.1) is 0 Å². The summed E-state index contributed by atoms with van der Waals surface area (Å²) in [5, 5.41) is 6.27. The second-order valence-electron chi connectivity index (χ2n) is 5.01. The fraction of sp³-hybridized carbons (Fsp3) is 0.909. The molecule has 1 saturated heterocycles. The lowest BCUT2D eigenvalue weighted by atomic mass is 10.1. The quantitative estimate of drug-likeness (QED) is 0.735. The molecule has 4 nitrogen and oxygen atoms in total. The van der Waals surface area contributed by atoms with Crippen molar-refractivity contribution < 1.29 is 9.53 Å². The lowest BCUT2D eigenvalue weighted by Gasteiger charge is -2.24. The van der Waals surface area contributed by atoms with Crippen LogP contribution in [0.5, 0.6) is 0 Å². The van der Waals surface area contributed by atoms with E-state index in [1.165, 1.54) is 0 Å². The van der Waals surface area contributed by atoms with E-state index < -0.39 is 5.60 Å². The molecular weight excluding hydrogens is 192 g/mol. The van der Waals surface area contributed by atoms with Gasteiger partial charge >= 0.3 is 6.09 Å². The first-order chi connectivity index (χ1) is 6.92. The molecule has 0 bridgehead atoms. The lowest BCUT2D eigenvalue weighted by molar-refractivity contribution is 0.0500. The Morgan fingerprint density at radius 1 is 1.53 bits per heavy atom. The molecule has 4 heteroatoms. The van der Waals surface area contributed by atoms with Gasteiger partial charge in [-0.3, -0.25) is 0 Å². The molecule has 2 atom stereocenters. The summed E-state index contributed by atoms with van der Waals surface area (Å²) < 4.78 is 5.21. The zero-order chi connectivity index (χ0) is 11.5. The minimum absolute atomic E-state index is 0.213. The molecule has 0 aromatic carbocycles. The zero-order valence-corrected chi connectivity index (χ0v) is 10.1. The van der Waals surface area contributed by atoms with Crippen LogP contribution in [-0.2, 0) is 4.74 Å². The Morgan fingerprint density at radius 3 is 2.73 bits per heavy atom. The summed E-state index contributed by atoms with van der Waals surface area (Å²) >= 11 is 0. The van der Waals surface area contributed by atoms with Crippen LogP contribution in [0.3, 0.4) is 0 Å². The molecule has 2 N–H and O–H groups in total. The topological polar surface area (TPSA) is 50.4 Å². The molecule has 0 radical (unpaired) electrons. The van der Waals surface area contributed by atoms with Crippen LogP contribution in [-0.4, -0.2) is 30.3 Å². The fourth-order valence-corrected chi connectivity index (χ4v) is 1.83. The molecule has 88 valence electrons. The highest BCUT2D eigenvalue weighted by atomic mass is 16.6. The molecule has 0 aliphatic carbocycles. The molecule has 2 unspecified atom stereocenters. The molecule has 1 amide bonds. The molecule has 15 heavy (non-hydrogen) atoms. The van der Waals surface area contributed by atoms with Gasteiger partial charge in [0.15, 0.2) is 0 Å². The Balaban J connectivity index is 2.37. The van der Waals surface area contributed by atoms with Gasteiger partial charge < -0.3 is 15.4 Å². The molecule has 1 fully saturated rings. The van der Waals surface area contributed by atoms with Gasteiger partial charge in [-0.25, -0.2) is 4.79 Å². The highest BCUT2D eigenvalue weighted by Gasteiger charge is 2.28. The highest BCUT2D eigenvalue weighted by molar-refractivity contribution is 5.68. The maximum Gasteiger partial charge on any atom is 0.407 e. The average molecular weight is 214 g/mol. The number of ether oxygens (including phenoxy) is 1. The third-order valence-electron chi connectivity index (χ3n) is 2.49. The number of amides is 1. The molecule has 1 rings (SSSR count). The summed E-state index contributed by atoms with van der Waals surface area (Å²) in [6.07, 6.45) is 1.70. The molecule has 0 saturated carbocycles. The fourth-order valence-electron chi connectivity index (χ4n) is 1.83. The minimum atomic E-state index is -0.419. The van der Waals surface area contributed by atoms with Gasteiger partial charge in [0, 0.05) is 12.1 Å². The van der Waals surface area contributed by atoms with Crippen molar-refractivity contribution in [1.82, 2.24) is 10.6 Å². The van der Waals surface area contributed by atoms with Crippen LogP contribution in [0.2, 0.25) is 0 Å². The van der Waals surface area contributed by atoms with Crippen LogP contribution in [0.15, 0.2) is 0 Å². The van der Waals surface area contributed by atoms with Crippen LogP contribution in [0.25, 0.3) is 0 Å². The molecule has 0 aromatic rings. The summed E-state index contributed by atoms with van der Waals surface area (Å²) in [5.41, 5.74) is -0.419. The van der Waals surface area contributed by atoms with Crippen molar-refractivity contribution in [3.63, 3.8) is 0 Å². The van der Waals surface area contributed by atoms with Gasteiger partial charge in [-0.05, 0) is 40.2 Å². The minimum Gasteiger partial charge on any atom is -0.444 e. The number of hydrogen-bond donors (Lipinski definition) is 2. The second kappa shape index (κ2) is 4.84. The number of rotatable bonds is 2. The van der Waals surface area contributed by atoms with Crippen molar-refractivity contribution in [3.8, 4) is 0 Å². The predicted octanol–water partition coefficient (Wildman–Crippen LogP) is 1.65. The normalized spacial score (nSPS) is 26.4. The van der Waals surface area contributed by atoms with E-state index in [1.807, 2.05) is 20.8 Å². The summed E-state index contributed by atoms with van der Waals surface area (Å²) in [4.78, 5) is 11.5. The molecule has 0 spiro atoms. The van der Waals surface area contributed by atoms with Gasteiger partial charge in [0.2, 0.25) is 0 Å². The Bertz CT molecular complexity index is 223. The highest BCUT2D eigenvalue weighted by Crippen LogP contribution is 2.12. The SMILES string of the molecule is CCC1NCCC1NC(=O)OC(C)(C)C. The van der Waals surface area contributed by atoms with Crippen LogP contribution < -0.4 is 10.6 Å². The van der Waals surface area contributed by atoms with E-state index in [-0.39, 0.29) is 12.1 Å². The van der Waals surface area contributed by atoms with Crippen molar-refractivity contribution >= 4 is 6.09 Å². The largest absolute Gasteiger partial charge is 0.444 e. The van der Waals surface area contributed by atoms with Crippen LogP contribution in [0.1, 0.15) is 40.5 Å². The van der Waals surface area contributed by atoms with Crippen molar-refractivity contribution in [3.05, 3.63) is 0 Å². The summed E-state index contributed by atoms with van der Waals surface area (Å²) in [7, 11) is 0. The van der Waals surface area contributed by atoms with Crippen molar-refractivity contribution in [2.45, 2.75) is 58.2 Å². The second-order valence-corrected chi connectivity index (χ2v) is 5.01. The third-order valence-corrected chi connectivity index (χ3v) is 2.49. The number of nitrogens with one attached hydrogen (secondary N) is 2. The molecule has 1 aliphatic heterocycles. The van der Waals surface area contributed by atoms with Crippen LogP contribution >= 0.6 is 0 Å². The van der Waals surface area contributed by atoms with Gasteiger partial charge in [-0.2, -0.15) is 0 Å². The van der Waals surface area contributed by atoms with Gasteiger partial charge in [-0.15, -0.1) is 0 Å². The van der Waals surface area contributed by atoms with E-state index in [4.69, 9.17) is 4.74 Å². The number of hydrogen-bond acceptors (Lipinski definition) is 3. The molecule has 0 aromatic heterocycles. The van der Waals surface area contributed by atoms with E-state index in [2.05, 4.69) is 17.6 Å². The number of carbonyl (C=O) groups is 1. The Labute approximate surface area is 91.8 Å². The van der Waals surface area contributed by atoms with Crippen molar-refractivity contribution in [2.75, 3.05) is 6.54 Å². The molecule has 1 heterocycles. The summed E-state index contributed by atoms with van der Waals surface area (Å²) in [5.74, 6) is 0. The smallest absolute Gasteiger partial charge is 0.407 e. The first-order valence-corrected chi connectivity index (χ1v) is 5.65. The Kier molecular flexibility index (Phi) is 3.97. The summed E-state index contributed by atoms with van der Waals surface area (Å²) in [6.45, 7) is 8.70. The average Bonchev–Trinajstić information content (AvgIpc) is 2.48. The van der Waals surface area contributed by atoms with E-state index in [0.717, 1.165) is 19.4 Å². The predicted molar refractivity (Wildman–Crippen MR) is 59.9 cm³/mol. The van der Waals surface area contributed by atoms with Crippen molar-refractivity contribution in [2.24, 2.45) is 0 Å². The Morgan fingerprint density at radius 2 is 2.20 bits per heavy atom. The van der Waals surface area contributed by atoms with Gasteiger partial charge in [-0.1, -0.05) is 6.92 Å².